The van der Waals surface area contributed by atoms with Gasteiger partial charge in [-0.15, -0.1) is 0 Å². The molecule has 5 rings (SSSR count). The van der Waals surface area contributed by atoms with Crippen LogP contribution in [-0.2, 0) is 14.9 Å². The van der Waals surface area contributed by atoms with Gasteiger partial charge in [0.1, 0.15) is 5.76 Å². The van der Waals surface area contributed by atoms with Crippen molar-refractivity contribution < 1.29 is 23.4 Å². The molecule has 1 aromatic carbocycles. The highest BCUT2D eigenvalue weighted by Gasteiger charge is 2.46. The minimum Gasteiger partial charge on any atom is -0.469 e. The molecule has 142 valence electrons. The first-order valence-corrected chi connectivity index (χ1v) is 9.54. The van der Waals surface area contributed by atoms with E-state index in [1.165, 1.54) is 5.56 Å². The predicted molar refractivity (Wildman–Crippen MR) is 96.9 cm³/mol. The van der Waals surface area contributed by atoms with Gasteiger partial charge in [0.2, 0.25) is 12.7 Å². The topological polar surface area (TPSA) is 69.9 Å². The van der Waals surface area contributed by atoms with E-state index in [0.29, 0.717) is 19.8 Å². The average Bonchev–Trinajstić information content (AvgIpc) is 3.10. The molecule has 0 radical (unpaired) electrons. The molecule has 1 saturated heterocycles. The first-order chi connectivity index (χ1) is 13.3. The summed E-state index contributed by atoms with van der Waals surface area (Å²) in [7, 11) is 0. The van der Waals surface area contributed by atoms with Gasteiger partial charge in [0.15, 0.2) is 11.5 Å². The average molecular weight is 369 g/mol. The fraction of sp³-hybridized carbons (Fsp3) is 0.476. The lowest BCUT2D eigenvalue weighted by Gasteiger charge is -2.38. The number of carbonyl (C=O) groups is 1. The molecule has 0 spiro atoms. The summed E-state index contributed by atoms with van der Waals surface area (Å²) in [5.41, 5.74) is 1.04. The van der Waals surface area contributed by atoms with Gasteiger partial charge in [-0.05, 0) is 49.1 Å². The summed E-state index contributed by atoms with van der Waals surface area (Å²) in [6, 6.07) is 9.94. The minimum atomic E-state index is -0.135. The Balaban J connectivity index is 1.30. The van der Waals surface area contributed by atoms with Gasteiger partial charge in [-0.25, -0.2) is 0 Å². The third-order valence-electron chi connectivity index (χ3n) is 6.07. The number of amides is 1. The zero-order valence-electron chi connectivity index (χ0n) is 15.1. The third-order valence-corrected chi connectivity index (χ3v) is 6.07. The summed E-state index contributed by atoms with van der Waals surface area (Å²) in [5.74, 6) is 2.82. The lowest BCUT2D eigenvalue weighted by molar-refractivity contribution is -0.123. The molecule has 1 amide bonds. The highest BCUT2D eigenvalue weighted by molar-refractivity contribution is 5.82. The molecule has 1 aliphatic carbocycles. The van der Waals surface area contributed by atoms with E-state index < -0.39 is 0 Å². The maximum atomic E-state index is 12.7. The molecule has 3 aliphatic rings. The second kappa shape index (κ2) is 6.60. The van der Waals surface area contributed by atoms with E-state index in [4.69, 9.17) is 18.6 Å². The maximum Gasteiger partial charge on any atom is 0.231 e. The Hall–Kier alpha value is -2.47. The van der Waals surface area contributed by atoms with Crippen LogP contribution in [0.4, 0.5) is 0 Å². The summed E-state index contributed by atoms with van der Waals surface area (Å²) in [4.78, 5) is 12.7. The molecule has 0 bridgehead atoms. The van der Waals surface area contributed by atoms with Gasteiger partial charge in [0.25, 0.3) is 0 Å². The summed E-state index contributed by atoms with van der Waals surface area (Å²) in [6.07, 6.45) is 4.27. The predicted octanol–water partition coefficient (Wildman–Crippen LogP) is 2.98. The van der Waals surface area contributed by atoms with E-state index in [2.05, 4.69) is 17.4 Å². The van der Waals surface area contributed by atoms with Crippen LogP contribution in [-0.4, -0.2) is 32.5 Å². The third kappa shape index (κ3) is 3.08. The van der Waals surface area contributed by atoms with E-state index in [9.17, 15) is 4.79 Å². The summed E-state index contributed by atoms with van der Waals surface area (Å²) in [5, 5.41) is 3.21. The SMILES string of the molecule is O=C(NCC1(c2ccc3c(c2)OCO3)CCOCC1)[C@H]1C[C@@H]1c1ccco1. The highest BCUT2D eigenvalue weighted by atomic mass is 16.7. The van der Waals surface area contributed by atoms with Crippen molar-refractivity contribution in [3.05, 3.63) is 47.9 Å². The van der Waals surface area contributed by atoms with Crippen molar-refractivity contribution in [1.82, 2.24) is 5.32 Å². The van der Waals surface area contributed by atoms with E-state index in [1.807, 2.05) is 18.2 Å². The van der Waals surface area contributed by atoms with E-state index in [0.717, 1.165) is 36.5 Å². The number of carbonyl (C=O) groups excluding carboxylic acids is 1. The molecule has 1 saturated carbocycles. The molecule has 27 heavy (non-hydrogen) atoms. The molecule has 6 nitrogen and oxygen atoms in total. The van der Waals surface area contributed by atoms with E-state index >= 15 is 0 Å². The minimum absolute atomic E-state index is 0.0183. The molecular weight excluding hydrogens is 346 g/mol. The Bertz CT molecular complexity index is 825. The van der Waals surface area contributed by atoms with Gasteiger partial charge >= 0.3 is 0 Å². The van der Waals surface area contributed by atoms with Crippen molar-refractivity contribution in [1.29, 1.82) is 0 Å². The fourth-order valence-corrected chi connectivity index (χ4v) is 4.24. The lowest BCUT2D eigenvalue weighted by Crippen LogP contribution is -2.45. The smallest absolute Gasteiger partial charge is 0.231 e. The van der Waals surface area contributed by atoms with Crippen molar-refractivity contribution in [2.75, 3.05) is 26.6 Å². The normalized spacial score (nSPS) is 25.2. The van der Waals surface area contributed by atoms with Crippen LogP contribution in [0.3, 0.4) is 0 Å². The molecule has 6 heteroatoms. The van der Waals surface area contributed by atoms with Gasteiger partial charge in [0, 0.05) is 37.0 Å². The van der Waals surface area contributed by atoms with Crippen molar-refractivity contribution >= 4 is 5.91 Å². The van der Waals surface area contributed by atoms with Crippen LogP contribution in [0.1, 0.15) is 36.5 Å². The first-order valence-electron chi connectivity index (χ1n) is 9.54. The summed E-state index contributed by atoms with van der Waals surface area (Å²) < 4.78 is 22.0. The molecule has 2 atom stereocenters. The van der Waals surface area contributed by atoms with Crippen LogP contribution < -0.4 is 14.8 Å². The zero-order chi connectivity index (χ0) is 18.3. The monoisotopic (exact) mass is 369 g/mol. The Labute approximate surface area is 157 Å². The quantitative estimate of drug-likeness (QED) is 0.877. The molecule has 1 aromatic heterocycles. The number of rotatable bonds is 5. The molecule has 2 aliphatic heterocycles. The number of nitrogens with one attached hydrogen (secondary N) is 1. The number of benzene rings is 1. The number of ether oxygens (including phenoxy) is 3. The van der Waals surface area contributed by atoms with Crippen molar-refractivity contribution in [3.63, 3.8) is 0 Å². The van der Waals surface area contributed by atoms with Crippen molar-refractivity contribution in [2.24, 2.45) is 5.92 Å². The zero-order valence-corrected chi connectivity index (χ0v) is 15.1. The summed E-state index contributed by atoms with van der Waals surface area (Å²) >= 11 is 0. The van der Waals surface area contributed by atoms with Gasteiger partial charge in [0.05, 0.1) is 6.26 Å². The van der Waals surface area contributed by atoms with E-state index in [1.54, 1.807) is 6.26 Å². The van der Waals surface area contributed by atoms with Crippen molar-refractivity contribution in [2.45, 2.75) is 30.6 Å². The van der Waals surface area contributed by atoms with Crippen LogP contribution in [0.25, 0.3) is 0 Å². The largest absolute Gasteiger partial charge is 0.469 e. The standard InChI is InChI=1S/C21H23NO5/c23-20(16-11-15(16)17-2-1-7-25-17)22-12-21(5-8-24-9-6-21)14-3-4-18-19(10-14)27-13-26-18/h1-4,7,10,15-16H,5-6,8-9,11-13H2,(H,22,23)/t15-,16-/m0/s1. The number of furan rings is 1. The van der Waals surface area contributed by atoms with Crippen LogP contribution >= 0.6 is 0 Å². The van der Waals surface area contributed by atoms with E-state index in [-0.39, 0.29) is 30.0 Å². The van der Waals surface area contributed by atoms with Gasteiger partial charge in [-0.2, -0.15) is 0 Å². The molecule has 2 fully saturated rings. The number of fused-ring (bicyclic) bond motifs is 1. The molecule has 0 unspecified atom stereocenters. The Morgan fingerprint density at radius 2 is 2.00 bits per heavy atom. The molecule has 2 aromatic rings. The molecule has 1 N–H and O–H groups in total. The second-order valence-electron chi connectivity index (χ2n) is 7.64. The maximum absolute atomic E-state index is 12.7. The first kappa shape index (κ1) is 16.7. The second-order valence-corrected chi connectivity index (χ2v) is 7.64. The van der Waals surface area contributed by atoms with Crippen LogP contribution in [0.2, 0.25) is 0 Å². The Morgan fingerprint density at radius 3 is 2.81 bits per heavy atom. The Morgan fingerprint density at radius 1 is 1.15 bits per heavy atom. The lowest BCUT2D eigenvalue weighted by atomic mass is 9.74. The fourth-order valence-electron chi connectivity index (χ4n) is 4.24. The van der Waals surface area contributed by atoms with Crippen molar-refractivity contribution in [3.8, 4) is 11.5 Å². The van der Waals surface area contributed by atoms with Gasteiger partial charge in [-0.1, -0.05) is 6.07 Å². The Kier molecular flexibility index (Phi) is 4.08. The molecule has 3 heterocycles. The van der Waals surface area contributed by atoms with Crippen LogP contribution in [0.5, 0.6) is 11.5 Å². The van der Waals surface area contributed by atoms with Crippen LogP contribution in [0, 0.1) is 5.92 Å². The van der Waals surface area contributed by atoms with Gasteiger partial charge < -0.3 is 23.9 Å². The highest BCUT2D eigenvalue weighted by Crippen LogP contribution is 2.48. The number of hydrogen-bond donors (Lipinski definition) is 1. The van der Waals surface area contributed by atoms with Gasteiger partial charge in [-0.3, -0.25) is 4.79 Å². The summed E-state index contributed by atoms with van der Waals surface area (Å²) in [6.45, 7) is 2.27. The van der Waals surface area contributed by atoms with Crippen LogP contribution in [0.15, 0.2) is 41.0 Å². The molecular formula is C21H23NO5. The number of hydrogen-bond acceptors (Lipinski definition) is 5.